The summed E-state index contributed by atoms with van der Waals surface area (Å²) in [5, 5.41) is 21.4. The van der Waals surface area contributed by atoms with Crippen molar-refractivity contribution in [1.29, 1.82) is 10.8 Å². The number of amides is 4. The molecule has 4 amide bonds. The monoisotopic (exact) mass is 511 g/mol. The van der Waals surface area contributed by atoms with Gasteiger partial charge in [0.1, 0.15) is 0 Å². The summed E-state index contributed by atoms with van der Waals surface area (Å²) in [7, 11) is 1.96. The highest BCUT2D eigenvalue weighted by Gasteiger charge is 2.19. The molecule has 0 aromatic heterocycles. The van der Waals surface area contributed by atoms with Crippen molar-refractivity contribution < 1.29 is 9.59 Å². The van der Waals surface area contributed by atoms with E-state index in [9.17, 15) is 9.59 Å². The molecule has 0 saturated heterocycles. The number of hydrogen-bond donors (Lipinski definition) is 6. The molecule has 0 rings (SSSR count). The normalized spacial score (nSPS) is 12.6. The molecule has 2 atom stereocenters. The lowest BCUT2D eigenvalue weighted by Crippen LogP contribution is -2.50. The van der Waals surface area contributed by atoms with Crippen molar-refractivity contribution in [3.63, 3.8) is 0 Å². The fraction of sp³-hybridized carbons (Fsp3) is 0.840. The van der Waals surface area contributed by atoms with Gasteiger partial charge in [0.15, 0.2) is 11.9 Å². The fourth-order valence-corrected chi connectivity index (χ4v) is 3.89. The first-order valence-corrected chi connectivity index (χ1v) is 13.6. The van der Waals surface area contributed by atoms with Gasteiger partial charge in [0.25, 0.3) is 0 Å². The van der Waals surface area contributed by atoms with Gasteiger partial charge in [0.05, 0.1) is 0 Å². The predicted molar refractivity (Wildman–Crippen MR) is 148 cm³/mol. The Balaban J connectivity index is 4.44. The van der Waals surface area contributed by atoms with E-state index in [-0.39, 0.29) is 36.1 Å². The Morgan fingerprint density at radius 1 is 0.694 bits per heavy atom. The number of unbranched alkanes of at least 4 members (excludes halogenated alkanes) is 4. The number of carbonyl (C=O) groups excluding carboxylic acids is 2. The number of carbonyl (C=O) groups is 2. The molecule has 0 aliphatic carbocycles. The number of nitrogens with one attached hydrogen (secondary N) is 4. The second-order valence-corrected chi connectivity index (χ2v) is 9.78. The third kappa shape index (κ3) is 15.4. The second-order valence-electron chi connectivity index (χ2n) is 9.78. The average Bonchev–Trinajstić information content (AvgIpc) is 2.79. The SMILES string of the molecule is CCCCCC(C)NC(=O)N(CCCN(C)CCCN(C(=N)N)C(=O)NC(C)CCCCC)C(=N)N. The molecule has 0 fully saturated rings. The van der Waals surface area contributed by atoms with Crippen LogP contribution in [-0.4, -0.2) is 84.0 Å². The van der Waals surface area contributed by atoms with Crippen molar-refractivity contribution >= 4 is 24.0 Å². The van der Waals surface area contributed by atoms with Crippen molar-refractivity contribution in [2.75, 3.05) is 33.2 Å². The molecule has 0 aromatic carbocycles. The van der Waals surface area contributed by atoms with Gasteiger partial charge in [-0.15, -0.1) is 0 Å². The van der Waals surface area contributed by atoms with Gasteiger partial charge in [0.2, 0.25) is 0 Å². The van der Waals surface area contributed by atoms with Gasteiger partial charge in [-0.3, -0.25) is 20.6 Å². The molecule has 0 radical (unpaired) electrons. The minimum Gasteiger partial charge on any atom is -0.370 e. The van der Waals surface area contributed by atoms with Crippen LogP contribution >= 0.6 is 0 Å². The zero-order valence-electron chi connectivity index (χ0n) is 23.4. The molecule has 0 aliphatic rings. The third-order valence-corrected chi connectivity index (χ3v) is 6.14. The first-order chi connectivity index (χ1) is 17.0. The van der Waals surface area contributed by atoms with Crippen LogP contribution in [0.15, 0.2) is 0 Å². The first-order valence-electron chi connectivity index (χ1n) is 13.6. The van der Waals surface area contributed by atoms with E-state index in [4.69, 9.17) is 22.3 Å². The Morgan fingerprint density at radius 2 is 1.06 bits per heavy atom. The fourth-order valence-electron chi connectivity index (χ4n) is 3.89. The average molecular weight is 512 g/mol. The number of nitrogens with two attached hydrogens (primary N) is 2. The Labute approximate surface area is 218 Å². The molecular formula is C25H53N9O2. The zero-order valence-corrected chi connectivity index (χ0v) is 23.4. The largest absolute Gasteiger partial charge is 0.370 e. The molecule has 11 nitrogen and oxygen atoms in total. The first kappa shape index (κ1) is 33.4. The number of rotatable bonds is 18. The lowest BCUT2D eigenvalue weighted by atomic mass is 10.1. The van der Waals surface area contributed by atoms with Crippen LogP contribution < -0.4 is 22.1 Å². The number of hydrogen-bond acceptors (Lipinski definition) is 5. The van der Waals surface area contributed by atoms with E-state index in [0.29, 0.717) is 39.0 Å². The highest BCUT2D eigenvalue weighted by molar-refractivity contribution is 5.94. The second kappa shape index (κ2) is 19.6. The van der Waals surface area contributed by atoms with Gasteiger partial charge in [-0.2, -0.15) is 0 Å². The molecule has 0 spiro atoms. The summed E-state index contributed by atoms with van der Waals surface area (Å²) in [6, 6.07) is -0.592. The molecule has 11 heteroatoms. The van der Waals surface area contributed by atoms with Crippen molar-refractivity contribution in [3.05, 3.63) is 0 Å². The zero-order chi connectivity index (χ0) is 27.5. The van der Waals surface area contributed by atoms with Gasteiger partial charge in [-0.25, -0.2) is 9.59 Å². The van der Waals surface area contributed by atoms with E-state index in [1.165, 1.54) is 9.80 Å². The Kier molecular flexibility index (Phi) is 18.2. The lowest BCUT2D eigenvalue weighted by Gasteiger charge is -2.26. The van der Waals surface area contributed by atoms with Crippen molar-refractivity contribution in [1.82, 2.24) is 25.3 Å². The standard InChI is InChI=1S/C25H53N9O2/c1-6-8-10-14-20(3)30-24(35)33(22(26)27)18-12-16-32(5)17-13-19-34(23(28)29)25(36)31-21(4)15-11-9-7-2/h20-21H,6-19H2,1-5H3,(H3,26,27)(H3,28,29)(H,30,35)(H,31,36). The van der Waals surface area contributed by atoms with Crippen LogP contribution in [0.4, 0.5) is 9.59 Å². The smallest absolute Gasteiger partial charge is 0.324 e. The van der Waals surface area contributed by atoms with Crippen LogP contribution in [0.25, 0.3) is 0 Å². The molecule has 0 heterocycles. The van der Waals surface area contributed by atoms with Crippen LogP contribution in [0.2, 0.25) is 0 Å². The molecule has 8 N–H and O–H groups in total. The number of nitrogens with zero attached hydrogens (tertiary/aromatic N) is 3. The van der Waals surface area contributed by atoms with E-state index < -0.39 is 0 Å². The highest BCUT2D eigenvalue weighted by atomic mass is 16.2. The van der Waals surface area contributed by atoms with E-state index in [2.05, 4.69) is 29.4 Å². The lowest BCUT2D eigenvalue weighted by molar-refractivity contribution is 0.211. The van der Waals surface area contributed by atoms with Crippen molar-refractivity contribution in [2.24, 2.45) is 11.5 Å². The maximum atomic E-state index is 12.5. The van der Waals surface area contributed by atoms with E-state index in [1.807, 2.05) is 20.9 Å². The Morgan fingerprint density at radius 3 is 1.36 bits per heavy atom. The molecule has 0 aliphatic heterocycles. The van der Waals surface area contributed by atoms with Crippen LogP contribution in [-0.2, 0) is 0 Å². The number of guanidine groups is 2. The maximum absolute atomic E-state index is 12.5. The van der Waals surface area contributed by atoms with Crippen molar-refractivity contribution in [3.8, 4) is 0 Å². The molecule has 0 bridgehead atoms. The van der Waals surface area contributed by atoms with Gasteiger partial charge in [-0.05, 0) is 59.7 Å². The maximum Gasteiger partial charge on any atom is 0.324 e. The summed E-state index contributed by atoms with van der Waals surface area (Å²) >= 11 is 0. The van der Waals surface area contributed by atoms with Crippen LogP contribution in [0.5, 0.6) is 0 Å². The van der Waals surface area contributed by atoms with Gasteiger partial charge in [0, 0.05) is 25.2 Å². The molecular weight excluding hydrogens is 458 g/mol. The van der Waals surface area contributed by atoms with Crippen LogP contribution in [0, 0.1) is 10.8 Å². The molecule has 36 heavy (non-hydrogen) atoms. The highest BCUT2D eigenvalue weighted by Crippen LogP contribution is 2.05. The summed E-state index contributed by atoms with van der Waals surface area (Å²) in [6.45, 7) is 10.3. The third-order valence-electron chi connectivity index (χ3n) is 6.14. The summed E-state index contributed by atoms with van der Waals surface area (Å²) in [5.41, 5.74) is 11.3. The minimum absolute atomic E-state index is 0.0364. The van der Waals surface area contributed by atoms with Crippen LogP contribution in [0.3, 0.4) is 0 Å². The van der Waals surface area contributed by atoms with Crippen LogP contribution in [0.1, 0.15) is 91.9 Å². The number of urea groups is 2. The Hall–Kier alpha value is -2.56. The summed E-state index contributed by atoms with van der Waals surface area (Å²) in [5.74, 6) is -0.522. The van der Waals surface area contributed by atoms with Gasteiger partial charge in [-0.1, -0.05) is 52.4 Å². The summed E-state index contributed by atoms with van der Waals surface area (Å²) in [6.07, 6.45) is 9.76. The molecule has 0 saturated carbocycles. The summed E-state index contributed by atoms with van der Waals surface area (Å²) in [4.78, 5) is 29.7. The molecule has 0 aromatic rings. The minimum atomic E-state index is -0.332. The van der Waals surface area contributed by atoms with Gasteiger partial charge >= 0.3 is 12.1 Å². The quantitative estimate of drug-likeness (QED) is 0.0939. The van der Waals surface area contributed by atoms with E-state index >= 15 is 0 Å². The van der Waals surface area contributed by atoms with E-state index in [0.717, 1.165) is 51.4 Å². The summed E-state index contributed by atoms with van der Waals surface area (Å²) < 4.78 is 0. The van der Waals surface area contributed by atoms with Crippen molar-refractivity contribution in [2.45, 2.75) is 104 Å². The molecule has 2 unspecified atom stereocenters. The van der Waals surface area contributed by atoms with E-state index in [1.54, 1.807) is 0 Å². The van der Waals surface area contributed by atoms with Gasteiger partial charge < -0.3 is 27.0 Å². The Bertz CT molecular complexity index is 605. The molecule has 210 valence electrons. The topological polar surface area (TPSA) is 168 Å². The predicted octanol–water partition coefficient (Wildman–Crippen LogP) is 3.45.